The minimum Gasteiger partial charge on any atom is -0.323 e. The van der Waals surface area contributed by atoms with E-state index in [1.165, 1.54) is 37.0 Å². The maximum atomic E-state index is 6.02. The predicted molar refractivity (Wildman–Crippen MR) is 69.0 cm³/mol. The fourth-order valence-corrected chi connectivity index (χ4v) is 2.89. The Labute approximate surface area is 102 Å². The number of nitrogens with two attached hydrogens (primary N) is 1. The first-order chi connectivity index (χ1) is 8.27. The third-order valence-corrected chi connectivity index (χ3v) is 3.76. The summed E-state index contributed by atoms with van der Waals surface area (Å²) < 4.78 is 2.23. The SMILES string of the molecule is CC(N)c1nc(C2CCCC2)n2ccccc12. The Morgan fingerprint density at radius 2 is 2.12 bits per heavy atom. The summed E-state index contributed by atoms with van der Waals surface area (Å²) in [6.07, 6.45) is 7.32. The van der Waals surface area contributed by atoms with E-state index in [1.54, 1.807) is 0 Å². The standard InChI is InChI=1S/C14H19N3/c1-10(15)13-12-8-4-5-9-17(12)14(16-13)11-6-2-3-7-11/h4-5,8-11H,2-3,6-7,15H2,1H3. The van der Waals surface area contributed by atoms with Crippen LogP contribution in [-0.4, -0.2) is 9.38 Å². The van der Waals surface area contributed by atoms with E-state index < -0.39 is 0 Å². The van der Waals surface area contributed by atoms with Crippen LogP contribution in [0.4, 0.5) is 0 Å². The summed E-state index contributed by atoms with van der Waals surface area (Å²) in [4.78, 5) is 4.81. The lowest BCUT2D eigenvalue weighted by Crippen LogP contribution is -2.06. The summed E-state index contributed by atoms with van der Waals surface area (Å²) in [6.45, 7) is 2.01. The Hall–Kier alpha value is -1.35. The van der Waals surface area contributed by atoms with Crippen LogP contribution in [0.25, 0.3) is 5.52 Å². The van der Waals surface area contributed by atoms with Crippen molar-refractivity contribution in [1.29, 1.82) is 0 Å². The molecule has 2 heterocycles. The van der Waals surface area contributed by atoms with Gasteiger partial charge in [-0.05, 0) is 31.9 Å². The molecule has 0 spiro atoms. The number of aromatic nitrogens is 2. The molecule has 0 radical (unpaired) electrons. The average Bonchev–Trinajstić information content (AvgIpc) is 2.95. The average molecular weight is 229 g/mol. The largest absolute Gasteiger partial charge is 0.323 e. The zero-order valence-corrected chi connectivity index (χ0v) is 10.3. The summed E-state index contributed by atoms with van der Waals surface area (Å²) >= 11 is 0. The molecule has 3 heteroatoms. The molecular formula is C14H19N3. The van der Waals surface area contributed by atoms with E-state index in [-0.39, 0.29) is 6.04 Å². The maximum absolute atomic E-state index is 6.02. The number of nitrogens with zero attached hydrogens (tertiary/aromatic N) is 2. The van der Waals surface area contributed by atoms with Crippen molar-refractivity contribution in [1.82, 2.24) is 9.38 Å². The molecule has 0 aromatic carbocycles. The molecule has 1 aliphatic carbocycles. The highest BCUT2D eigenvalue weighted by Gasteiger charge is 2.23. The lowest BCUT2D eigenvalue weighted by atomic mass is 10.1. The quantitative estimate of drug-likeness (QED) is 0.860. The van der Waals surface area contributed by atoms with Gasteiger partial charge in [0.1, 0.15) is 5.82 Å². The second-order valence-corrected chi connectivity index (χ2v) is 5.08. The van der Waals surface area contributed by atoms with Crippen molar-refractivity contribution in [3.05, 3.63) is 35.9 Å². The Morgan fingerprint density at radius 3 is 2.82 bits per heavy atom. The number of rotatable bonds is 2. The van der Waals surface area contributed by atoms with Crippen LogP contribution in [0.1, 0.15) is 56.1 Å². The van der Waals surface area contributed by atoms with Gasteiger partial charge in [0.25, 0.3) is 0 Å². The molecule has 90 valence electrons. The van der Waals surface area contributed by atoms with Gasteiger partial charge < -0.3 is 10.1 Å². The van der Waals surface area contributed by atoms with Gasteiger partial charge in [-0.3, -0.25) is 0 Å². The van der Waals surface area contributed by atoms with E-state index in [9.17, 15) is 0 Å². The van der Waals surface area contributed by atoms with Crippen molar-refractivity contribution in [2.45, 2.75) is 44.6 Å². The van der Waals surface area contributed by atoms with Crippen molar-refractivity contribution < 1.29 is 0 Å². The van der Waals surface area contributed by atoms with E-state index in [1.807, 2.05) is 6.92 Å². The third-order valence-electron chi connectivity index (χ3n) is 3.76. The van der Waals surface area contributed by atoms with Crippen LogP contribution in [0.3, 0.4) is 0 Å². The Bertz CT molecular complexity index is 521. The number of pyridine rings is 1. The number of fused-ring (bicyclic) bond motifs is 1. The number of imidazole rings is 1. The molecule has 1 fully saturated rings. The molecule has 2 aromatic rings. The molecule has 0 amide bonds. The molecule has 1 unspecified atom stereocenters. The van der Waals surface area contributed by atoms with E-state index in [4.69, 9.17) is 10.7 Å². The maximum Gasteiger partial charge on any atom is 0.116 e. The topological polar surface area (TPSA) is 43.3 Å². The molecular weight excluding hydrogens is 210 g/mol. The van der Waals surface area contributed by atoms with Crippen LogP contribution < -0.4 is 5.73 Å². The minimum absolute atomic E-state index is 0.00236. The normalized spacial score (nSPS) is 18.9. The summed E-state index contributed by atoms with van der Waals surface area (Å²) in [6, 6.07) is 6.24. The Morgan fingerprint density at radius 1 is 1.35 bits per heavy atom. The smallest absolute Gasteiger partial charge is 0.116 e. The molecule has 3 rings (SSSR count). The highest BCUT2D eigenvalue weighted by Crippen LogP contribution is 2.35. The van der Waals surface area contributed by atoms with Gasteiger partial charge in [0, 0.05) is 18.2 Å². The molecule has 2 aromatic heterocycles. The third kappa shape index (κ3) is 1.75. The van der Waals surface area contributed by atoms with Crippen molar-refractivity contribution in [3.63, 3.8) is 0 Å². The summed E-state index contributed by atoms with van der Waals surface area (Å²) in [5, 5.41) is 0. The number of hydrogen-bond donors (Lipinski definition) is 1. The van der Waals surface area contributed by atoms with Gasteiger partial charge in [-0.1, -0.05) is 18.9 Å². The monoisotopic (exact) mass is 229 g/mol. The predicted octanol–water partition coefficient (Wildman–Crippen LogP) is 3.01. The van der Waals surface area contributed by atoms with Crippen molar-refractivity contribution >= 4 is 5.52 Å². The second kappa shape index (κ2) is 4.15. The molecule has 0 saturated heterocycles. The molecule has 1 aliphatic rings. The molecule has 1 saturated carbocycles. The van der Waals surface area contributed by atoms with Crippen molar-refractivity contribution in [2.75, 3.05) is 0 Å². The van der Waals surface area contributed by atoms with Gasteiger partial charge in [-0.15, -0.1) is 0 Å². The van der Waals surface area contributed by atoms with Crippen LogP contribution in [0.15, 0.2) is 24.4 Å². The first kappa shape index (κ1) is 10.8. The van der Waals surface area contributed by atoms with Crippen LogP contribution in [0.5, 0.6) is 0 Å². The van der Waals surface area contributed by atoms with Gasteiger partial charge in [0.15, 0.2) is 0 Å². The van der Waals surface area contributed by atoms with Crippen LogP contribution in [0, 0.1) is 0 Å². The van der Waals surface area contributed by atoms with E-state index >= 15 is 0 Å². The molecule has 0 aliphatic heterocycles. The van der Waals surface area contributed by atoms with Crippen LogP contribution in [0.2, 0.25) is 0 Å². The van der Waals surface area contributed by atoms with Gasteiger partial charge in [0.2, 0.25) is 0 Å². The lowest BCUT2D eigenvalue weighted by Gasteiger charge is -2.07. The summed E-state index contributed by atoms with van der Waals surface area (Å²) in [5.74, 6) is 1.84. The van der Waals surface area contributed by atoms with Crippen molar-refractivity contribution in [3.8, 4) is 0 Å². The van der Waals surface area contributed by atoms with Crippen LogP contribution in [-0.2, 0) is 0 Å². The fourth-order valence-electron chi connectivity index (χ4n) is 2.89. The molecule has 2 N–H and O–H groups in total. The van der Waals surface area contributed by atoms with Gasteiger partial charge >= 0.3 is 0 Å². The highest BCUT2D eigenvalue weighted by molar-refractivity contribution is 5.54. The Balaban J connectivity index is 2.17. The summed E-state index contributed by atoms with van der Waals surface area (Å²) in [7, 11) is 0. The van der Waals surface area contributed by atoms with Crippen molar-refractivity contribution in [2.24, 2.45) is 5.73 Å². The first-order valence-electron chi connectivity index (χ1n) is 6.50. The van der Waals surface area contributed by atoms with Gasteiger partial charge in [-0.25, -0.2) is 4.98 Å². The van der Waals surface area contributed by atoms with Gasteiger partial charge in [0.05, 0.1) is 11.2 Å². The molecule has 1 atom stereocenters. The molecule has 17 heavy (non-hydrogen) atoms. The zero-order valence-electron chi connectivity index (χ0n) is 10.3. The summed E-state index contributed by atoms with van der Waals surface area (Å²) in [5.41, 5.74) is 8.22. The van der Waals surface area contributed by atoms with E-state index in [0.717, 1.165) is 5.69 Å². The number of hydrogen-bond acceptors (Lipinski definition) is 2. The minimum atomic E-state index is 0.00236. The Kier molecular flexibility index (Phi) is 2.63. The van der Waals surface area contributed by atoms with E-state index in [2.05, 4.69) is 28.8 Å². The lowest BCUT2D eigenvalue weighted by molar-refractivity contribution is 0.658. The first-order valence-corrected chi connectivity index (χ1v) is 6.50. The second-order valence-electron chi connectivity index (χ2n) is 5.08. The fraction of sp³-hybridized carbons (Fsp3) is 0.500. The molecule has 0 bridgehead atoms. The van der Waals surface area contributed by atoms with Gasteiger partial charge in [-0.2, -0.15) is 0 Å². The molecule has 3 nitrogen and oxygen atoms in total. The van der Waals surface area contributed by atoms with Crippen LogP contribution >= 0.6 is 0 Å². The highest BCUT2D eigenvalue weighted by atomic mass is 15.0. The van der Waals surface area contributed by atoms with E-state index in [0.29, 0.717) is 5.92 Å². The zero-order chi connectivity index (χ0) is 11.8.